The Morgan fingerprint density at radius 1 is 1.16 bits per heavy atom. The topological polar surface area (TPSA) is 82.1 Å². The van der Waals surface area contributed by atoms with Gasteiger partial charge in [0, 0.05) is 23.7 Å². The van der Waals surface area contributed by atoms with Gasteiger partial charge in [0.15, 0.2) is 0 Å². The number of allylic oxidation sites excluding steroid dienone is 2. The van der Waals surface area contributed by atoms with E-state index < -0.39 is 18.4 Å². The van der Waals surface area contributed by atoms with Gasteiger partial charge in [-0.05, 0) is 54.3 Å². The van der Waals surface area contributed by atoms with Crippen LogP contribution in [0.3, 0.4) is 0 Å². The molecule has 1 amide bonds. The Labute approximate surface area is 268 Å². The van der Waals surface area contributed by atoms with E-state index in [2.05, 4.69) is 29.2 Å². The maximum atomic E-state index is 12.4. The predicted octanol–water partition coefficient (Wildman–Crippen LogP) is 1.00. The van der Waals surface area contributed by atoms with E-state index in [1.807, 2.05) is 18.2 Å². The van der Waals surface area contributed by atoms with Crippen LogP contribution >= 0.6 is 24.0 Å². The van der Waals surface area contributed by atoms with Crippen molar-refractivity contribution in [1.82, 2.24) is 4.90 Å². The number of thiocarbonyl (C=S) groups is 1. The van der Waals surface area contributed by atoms with Crippen LogP contribution in [0.25, 0.3) is 6.08 Å². The summed E-state index contributed by atoms with van der Waals surface area (Å²) in [6.45, 7) is -0.533. The Bertz CT molecular complexity index is 1310. The Balaban J connectivity index is 0.00000320. The molecule has 0 aromatic heterocycles. The molecule has 2 fully saturated rings. The van der Waals surface area contributed by atoms with Gasteiger partial charge in [0.2, 0.25) is 0 Å². The molecule has 1 aliphatic carbocycles. The molecule has 2 unspecified atom stereocenters. The minimum absolute atomic E-state index is 0. The molecule has 0 spiro atoms. The molecule has 2 atom stereocenters. The molecule has 1 saturated heterocycles. The number of rotatable bonds is 7. The number of nitrogens with zero attached hydrogens (tertiary/aromatic N) is 2. The van der Waals surface area contributed by atoms with Gasteiger partial charge in [-0.25, -0.2) is 0 Å². The van der Waals surface area contributed by atoms with Gasteiger partial charge in [-0.15, -0.1) is 0 Å². The number of carbonyl (C=O) groups excluding carboxylic acids is 2. The quantitative estimate of drug-likeness (QED) is 0.282. The zero-order chi connectivity index (χ0) is 25.4. The summed E-state index contributed by atoms with van der Waals surface area (Å²) in [5.41, 5.74) is 4.58. The smallest absolute Gasteiger partial charge is 0.548 e. The zero-order valence-electron chi connectivity index (χ0n) is 20.9. The third-order valence-corrected chi connectivity index (χ3v) is 8.26. The fourth-order valence-corrected chi connectivity index (χ4v) is 6.51. The van der Waals surface area contributed by atoms with Crippen molar-refractivity contribution >= 4 is 57.6 Å². The van der Waals surface area contributed by atoms with E-state index in [0.717, 1.165) is 52.3 Å². The van der Waals surface area contributed by atoms with Crippen LogP contribution in [0.15, 0.2) is 53.5 Å². The summed E-state index contributed by atoms with van der Waals surface area (Å²) in [7, 11) is 3.33. The minimum Gasteiger partial charge on any atom is -0.548 e. The van der Waals surface area contributed by atoms with Gasteiger partial charge in [-0.2, -0.15) is 0 Å². The first-order chi connectivity index (χ1) is 17.4. The summed E-state index contributed by atoms with van der Waals surface area (Å²) in [5, 5.41) is 10.9. The summed E-state index contributed by atoms with van der Waals surface area (Å²) in [5.74, 6) is 0.238. The Hall–Kier alpha value is -1.66. The van der Waals surface area contributed by atoms with Gasteiger partial charge in [-0.3, -0.25) is 9.69 Å². The Morgan fingerprint density at radius 3 is 2.68 bits per heavy atom. The number of fused-ring (bicyclic) bond motifs is 3. The molecule has 1 saturated carbocycles. The molecule has 10 heteroatoms. The first kappa shape index (κ1) is 28.3. The van der Waals surface area contributed by atoms with E-state index in [1.165, 1.54) is 17.7 Å². The number of carbonyl (C=O) groups is 2. The monoisotopic (exact) mass is 560 g/mol. The maximum Gasteiger partial charge on any atom is 1.00 e. The number of ether oxygens (including phenoxy) is 2. The van der Waals surface area contributed by atoms with Gasteiger partial charge in [0.1, 0.15) is 15.8 Å². The molecular weight excluding hydrogens is 536 g/mol. The summed E-state index contributed by atoms with van der Waals surface area (Å²) < 4.78 is 11.3. The SMILES string of the molecule is COc1ccc(N2c3ccc(C=C/C=C4/SC(=S)N(CC(=O)[O-])C4=O)cc3C3CCCC32)c(OC)c1.[K+]. The van der Waals surface area contributed by atoms with E-state index in [9.17, 15) is 14.7 Å². The second-order valence-corrected chi connectivity index (χ2v) is 10.5. The fourth-order valence-electron chi connectivity index (χ4n) is 5.30. The van der Waals surface area contributed by atoms with E-state index in [-0.39, 0.29) is 55.7 Å². The van der Waals surface area contributed by atoms with Crippen molar-refractivity contribution in [2.45, 2.75) is 31.2 Å². The van der Waals surface area contributed by atoms with Crippen molar-refractivity contribution < 1.29 is 75.6 Å². The first-order valence-electron chi connectivity index (χ1n) is 11.7. The number of aliphatic carboxylic acids is 1. The molecule has 2 aromatic carbocycles. The number of anilines is 2. The van der Waals surface area contributed by atoms with E-state index in [4.69, 9.17) is 21.7 Å². The van der Waals surface area contributed by atoms with Crippen LogP contribution in [0.4, 0.5) is 11.4 Å². The first-order valence-corrected chi connectivity index (χ1v) is 12.9. The van der Waals surface area contributed by atoms with Crippen LogP contribution in [0.2, 0.25) is 0 Å². The predicted molar refractivity (Wildman–Crippen MR) is 143 cm³/mol. The Morgan fingerprint density at radius 2 is 1.95 bits per heavy atom. The number of amides is 1. The summed E-state index contributed by atoms with van der Waals surface area (Å²) >= 11 is 6.22. The zero-order valence-corrected chi connectivity index (χ0v) is 25.7. The number of methoxy groups -OCH3 is 2. The van der Waals surface area contributed by atoms with Gasteiger partial charge >= 0.3 is 51.4 Å². The molecule has 186 valence electrons. The molecule has 5 rings (SSSR count). The van der Waals surface area contributed by atoms with Crippen molar-refractivity contribution in [3.05, 3.63) is 64.6 Å². The van der Waals surface area contributed by atoms with E-state index in [0.29, 0.717) is 16.9 Å². The van der Waals surface area contributed by atoms with E-state index >= 15 is 0 Å². The third-order valence-electron chi connectivity index (χ3n) is 6.87. The van der Waals surface area contributed by atoms with Crippen molar-refractivity contribution in [1.29, 1.82) is 0 Å². The summed E-state index contributed by atoms with van der Waals surface area (Å²) in [6, 6.07) is 12.8. The van der Waals surface area contributed by atoms with Crippen molar-refractivity contribution in [3.63, 3.8) is 0 Å². The Kier molecular flexibility index (Phi) is 9.21. The molecular formula is C27H25KN2O5S2. The minimum atomic E-state index is -1.34. The number of carboxylic acids is 1. The van der Waals surface area contributed by atoms with Crippen molar-refractivity contribution in [2.24, 2.45) is 0 Å². The summed E-state index contributed by atoms with van der Waals surface area (Å²) in [4.78, 5) is 27.2. The number of carboxylic acid groups (broad SMARTS) is 1. The van der Waals surface area contributed by atoms with Crippen LogP contribution in [0.1, 0.15) is 36.3 Å². The number of benzene rings is 2. The van der Waals surface area contributed by atoms with Crippen LogP contribution in [-0.2, 0) is 9.59 Å². The molecule has 3 aliphatic rings. The summed E-state index contributed by atoms with van der Waals surface area (Å²) in [6.07, 6.45) is 8.87. The van der Waals surface area contributed by atoms with Gasteiger partial charge in [-0.1, -0.05) is 48.6 Å². The average molecular weight is 561 g/mol. The van der Waals surface area contributed by atoms with E-state index in [1.54, 1.807) is 26.4 Å². The molecule has 0 radical (unpaired) electrons. The molecule has 7 nitrogen and oxygen atoms in total. The second-order valence-electron chi connectivity index (χ2n) is 8.85. The standard InChI is InChI=1S/C27H26N2O5S2.K/c1-33-17-10-12-22(23(14-17)34-2)29-20-7-4-6-18(20)19-13-16(9-11-21(19)29)5-3-8-24-26(32)28(15-25(30)31)27(35)36-24;/h3,5,8-14,18,20H,4,6-7,15H2,1-2H3,(H,30,31);/q;+1/p-1/b5-3?,24-8+;. The third kappa shape index (κ3) is 5.56. The van der Waals surface area contributed by atoms with Crippen molar-refractivity contribution in [2.75, 3.05) is 25.7 Å². The van der Waals surface area contributed by atoms with Gasteiger partial charge in [0.05, 0.1) is 37.3 Å². The molecule has 0 bridgehead atoms. The normalized spacial score (nSPS) is 21.4. The van der Waals surface area contributed by atoms with Crippen LogP contribution in [-0.4, -0.2) is 47.9 Å². The van der Waals surface area contributed by atoms with Gasteiger partial charge < -0.3 is 24.3 Å². The number of hydrogen-bond acceptors (Lipinski definition) is 8. The maximum absolute atomic E-state index is 12.4. The molecule has 37 heavy (non-hydrogen) atoms. The molecule has 2 aliphatic heterocycles. The van der Waals surface area contributed by atoms with Gasteiger partial charge in [0.25, 0.3) is 5.91 Å². The number of hydrogen-bond donors (Lipinski definition) is 0. The molecule has 2 heterocycles. The largest absolute Gasteiger partial charge is 1.00 e. The number of thioether (sulfide) groups is 1. The molecule has 2 aromatic rings. The van der Waals surface area contributed by atoms with Crippen LogP contribution in [0.5, 0.6) is 11.5 Å². The molecule has 0 N–H and O–H groups in total. The average Bonchev–Trinajstić information content (AvgIpc) is 3.53. The second kappa shape index (κ2) is 12.0. The van der Waals surface area contributed by atoms with Crippen molar-refractivity contribution in [3.8, 4) is 11.5 Å². The fraction of sp³-hybridized carbons (Fsp3) is 0.296. The van der Waals surface area contributed by atoms with Crippen LogP contribution in [0, 0.1) is 0 Å². The van der Waals surface area contributed by atoms with Crippen LogP contribution < -0.4 is 70.9 Å².